The Morgan fingerprint density at radius 3 is 2.13 bits per heavy atom. The fourth-order valence-corrected chi connectivity index (χ4v) is 6.13. The molecule has 3 aliphatic rings. The van der Waals surface area contributed by atoms with Crippen molar-refractivity contribution in [1.82, 2.24) is 10.6 Å². The van der Waals surface area contributed by atoms with Gasteiger partial charge in [0.1, 0.15) is 0 Å². The van der Waals surface area contributed by atoms with Crippen LogP contribution in [-0.2, 0) is 0 Å². The van der Waals surface area contributed by atoms with Crippen LogP contribution in [0, 0.1) is 23.2 Å². The van der Waals surface area contributed by atoms with Gasteiger partial charge in [0.15, 0.2) is 0 Å². The Hall–Kier alpha value is -1.64. The predicted molar refractivity (Wildman–Crippen MR) is 128 cm³/mol. The molecule has 2 aromatic rings. The lowest BCUT2D eigenvalue weighted by atomic mass is 9.45. The third-order valence-electron chi connectivity index (χ3n) is 8.19. The van der Waals surface area contributed by atoms with Crippen LogP contribution in [0.2, 0.25) is 0 Å². The number of rotatable bonds is 10. The van der Waals surface area contributed by atoms with Crippen LogP contribution in [0.4, 0.5) is 0 Å². The zero-order valence-electron chi connectivity index (χ0n) is 19.1. The van der Waals surface area contributed by atoms with Crippen LogP contribution in [-0.4, -0.2) is 25.7 Å². The van der Waals surface area contributed by atoms with Crippen LogP contribution in [0.5, 0.6) is 0 Å². The van der Waals surface area contributed by atoms with Crippen molar-refractivity contribution in [3.8, 4) is 0 Å². The van der Waals surface area contributed by atoms with Gasteiger partial charge in [-0.1, -0.05) is 74.5 Å². The average molecular weight is 405 g/mol. The van der Waals surface area contributed by atoms with Gasteiger partial charge in [0.05, 0.1) is 0 Å². The zero-order valence-corrected chi connectivity index (χ0v) is 19.1. The SMILES string of the molecule is CC(CNC[C@@H]1CC[C@H]2C[C@@H]1C2(C)C)NCCC(c1ccccc1)c1ccccc1. The molecule has 0 aliphatic heterocycles. The first-order chi connectivity index (χ1) is 14.6. The van der Waals surface area contributed by atoms with Gasteiger partial charge in [-0.2, -0.15) is 0 Å². The number of nitrogens with one attached hydrogen (secondary N) is 2. The minimum absolute atomic E-state index is 0.455. The lowest BCUT2D eigenvalue weighted by Gasteiger charge is -2.60. The van der Waals surface area contributed by atoms with E-state index in [1.54, 1.807) is 0 Å². The fraction of sp³-hybridized carbons (Fsp3) is 0.571. The molecule has 162 valence electrons. The van der Waals surface area contributed by atoms with Gasteiger partial charge >= 0.3 is 0 Å². The van der Waals surface area contributed by atoms with E-state index in [0.29, 0.717) is 17.4 Å². The molecule has 3 fully saturated rings. The second-order valence-corrected chi connectivity index (χ2v) is 10.4. The van der Waals surface area contributed by atoms with Crippen molar-refractivity contribution in [3.63, 3.8) is 0 Å². The zero-order chi connectivity index (χ0) is 21.0. The summed E-state index contributed by atoms with van der Waals surface area (Å²) in [5.41, 5.74) is 3.42. The van der Waals surface area contributed by atoms with E-state index >= 15 is 0 Å². The molecule has 2 heteroatoms. The smallest absolute Gasteiger partial charge is 0.0164 e. The summed E-state index contributed by atoms with van der Waals surface area (Å²) < 4.78 is 0. The van der Waals surface area contributed by atoms with Gasteiger partial charge in [-0.3, -0.25) is 0 Å². The minimum Gasteiger partial charge on any atom is -0.315 e. The van der Waals surface area contributed by atoms with Crippen molar-refractivity contribution < 1.29 is 0 Å². The molecule has 0 amide bonds. The lowest BCUT2D eigenvalue weighted by molar-refractivity contribution is -0.103. The first-order valence-electron chi connectivity index (χ1n) is 12.1. The van der Waals surface area contributed by atoms with E-state index in [1.807, 2.05) is 0 Å². The molecule has 2 aromatic carbocycles. The summed E-state index contributed by atoms with van der Waals surface area (Å²) in [4.78, 5) is 0. The molecule has 30 heavy (non-hydrogen) atoms. The van der Waals surface area contributed by atoms with Gasteiger partial charge in [-0.15, -0.1) is 0 Å². The number of benzene rings is 2. The Morgan fingerprint density at radius 1 is 0.933 bits per heavy atom. The summed E-state index contributed by atoms with van der Waals surface area (Å²) >= 11 is 0. The van der Waals surface area contributed by atoms with E-state index < -0.39 is 0 Å². The van der Waals surface area contributed by atoms with Crippen molar-refractivity contribution in [1.29, 1.82) is 0 Å². The van der Waals surface area contributed by atoms with Crippen LogP contribution in [0.3, 0.4) is 0 Å². The second kappa shape index (κ2) is 9.66. The van der Waals surface area contributed by atoms with Gasteiger partial charge in [-0.25, -0.2) is 0 Å². The van der Waals surface area contributed by atoms with Gasteiger partial charge in [0.25, 0.3) is 0 Å². The largest absolute Gasteiger partial charge is 0.315 e. The van der Waals surface area contributed by atoms with Gasteiger partial charge in [-0.05, 0) is 80.0 Å². The van der Waals surface area contributed by atoms with Crippen LogP contribution in [0.15, 0.2) is 60.7 Å². The highest BCUT2D eigenvalue weighted by atomic mass is 15.0. The Kier molecular flexibility index (Phi) is 6.95. The van der Waals surface area contributed by atoms with Crippen LogP contribution < -0.4 is 10.6 Å². The van der Waals surface area contributed by atoms with E-state index in [2.05, 4.69) is 92.1 Å². The molecule has 3 aliphatic carbocycles. The average Bonchev–Trinajstić information content (AvgIpc) is 2.78. The number of fused-ring (bicyclic) bond motifs is 2. The number of hydrogen-bond acceptors (Lipinski definition) is 2. The van der Waals surface area contributed by atoms with E-state index in [4.69, 9.17) is 0 Å². The van der Waals surface area contributed by atoms with Gasteiger partial charge < -0.3 is 10.6 Å². The molecule has 2 bridgehead atoms. The molecule has 3 saturated carbocycles. The summed E-state index contributed by atoms with van der Waals surface area (Å²) in [6.45, 7) is 10.6. The molecule has 0 aromatic heterocycles. The topological polar surface area (TPSA) is 24.1 Å². The maximum Gasteiger partial charge on any atom is 0.0164 e. The van der Waals surface area contributed by atoms with Crippen molar-refractivity contribution in [2.24, 2.45) is 23.2 Å². The van der Waals surface area contributed by atoms with E-state index in [-0.39, 0.29) is 0 Å². The van der Waals surface area contributed by atoms with Crippen LogP contribution >= 0.6 is 0 Å². The summed E-state index contributed by atoms with van der Waals surface area (Å²) in [6.07, 6.45) is 5.49. The van der Waals surface area contributed by atoms with Crippen molar-refractivity contribution in [2.75, 3.05) is 19.6 Å². The normalized spacial score (nSPS) is 25.7. The Labute approximate surface area is 183 Å². The van der Waals surface area contributed by atoms with Crippen LogP contribution in [0.1, 0.15) is 63.5 Å². The summed E-state index contributed by atoms with van der Waals surface area (Å²) in [5.74, 6) is 3.29. The van der Waals surface area contributed by atoms with E-state index in [0.717, 1.165) is 37.3 Å². The molecule has 0 radical (unpaired) electrons. The molecule has 0 saturated heterocycles. The van der Waals surface area contributed by atoms with E-state index in [9.17, 15) is 0 Å². The molecule has 2 N–H and O–H groups in total. The molecule has 5 rings (SSSR count). The van der Waals surface area contributed by atoms with E-state index in [1.165, 1.54) is 36.9 Å². The minimum atomic E-state index is 0.455. The molecule has 1 unspecified atom stereocenters. The highest BCUT2D eigenvalue weighted by Gasteiger charge is 2.53. The highest BCUT2D eigenvalue weighted by Crippen LogP contribution is 2.61. The molecule has 2 nitrogen and oxygen atoms in total. The standard InChI is InChI=1S/C28H40N2/c1-21(19-29-20-24-14-15-25-18-27(24)28(25,2)3)30-17-16-26(22-10-6-4-7-11-22)23-12-8-5-9-13-23/h4-13,21,24-27,29-30H,14-20H2,1-3H3/t21?,24-,25-,27-/m0/s1. The fourth-order valence-electron chi connectivity index (χ4n) is 6.13. The molecular formula is C28H40N2. The Balaban J connectivity index is 1.22. The van der Waals surface area contributed by atoms with Crippen molar-refractivity contribution in [3.05, 3.63) is 71.8 Å². The summed E-state index contributed by atoms with van der Waals surface area (Å²) in [7, 11) is 0. The second-order valence-electron chi connectivity index (χ2n) is 10.4. The maximum absolute atomic E-state index is 3.79. The quantitative estimate of drug-likeness (QED) is 0.519. The van der Waals surface area contributed by atoms with Crippen molar-refractivity contribution in [2.45, 2.75) is 58.4 Å². The molecule has 4 atom stereocenters. The Morgan fingerprint density at radius 2 is 1.57 bits per heavy atom. The summed E-state index contributed by atoms with van der Waals surface area (Å²) in [5, 5.41) is 7.55. The first kappa shape index (κ1) is 21.6. The molecule has 0 spiro atoms. The molecule has 0 heterocycles. The van der Waals surface area contributed by atoms with Crippen molar-refractivity contribution >= 4 is 0 Å². The third-order valence-corrected chi connectivity index (χ3v) is 8.19. The lowest BCUT2D eigenvalue weighted by Crippen LogP contribution is -2.54. The predicted octanol–water partition coefficient (Wildman–Crippen LogP) is 5.85. The monoisotopic (exact) mass is 404 g/mol. The maximum atomic E-state index is 3.79. The third kappa shape index (κ3) is 4.81. The highest BCUT2D eigenvalue weighted by molar-refractivity contribution is 5.32. The number of hydrogen-bond donors (Lipinski definition) is 2. The van der Waals surface area contributed by atoms with Gasteiger partial charge in [0, 0.05) is 18.5 Å². The van der Waals surface area contributed by atoms with Gasteiger partial charge in [0.2, 0.25) is 0 Å². The van der Waals surface area contributed by atoms with Crippen LogP contribution in [0.25, 0.3) is 0 Å². The summed E-state index contributed by atoms with van der Waals surface area (Å²) in [6, 6.07) is 22.4. The Bertz CT molecular complexity index is 728. The first-order valence-corrected chi connectivity index (χ1v) is 12.1. The molecular weight excluding hydrogens is 364 g/mol.